The molecule has 1 saturated heterocycles. The Hall–Kier alpha value is -0.933. The van der Waals surface area contributed by atoms with E-state index in [1.165, 1.54) is 0 Å². The zero-order chi connectivity index (χ0) is 20.7. The molecule has 27 heavy (non-hydrogen) atoms. The van der Waals surface area contributed by atoms with Crippen molar-refractivity contribution in [1.82, 2.24) is 0 Å². The van der Waals surface area contributed by atoms with Gasteiger partial charge in [0, 0.05) is 18.4 Å². The summed E-state index contributed by atoms with van der Waals surface area (Å²) < 4.78 is 18.5. The second-order valence-corrected chi connectivity index (χ2v) is 14.6. The number of rotatable bonds is 4. The van der Waals surface area contributed by atoms with Gasteiger partial charge in [-0.25, -0.2) is 0 Å². The number of ether oxygens (including phenoxy) is 2. The van der Waals surface area contributed by atoms with Crippen LogP contribution in [0.5, 0.6) is 0 Å². The maximum Gasteiger partial charge on any atom is 0.218 e. The molecule has 1 heterocycles. The zero-order valence-electron chi connectivity index (χ0n) is 18.3. The third-order valence-corrected chi connectivity index (χ3v) is 11.5. The molecule has 0 aromatic carbocycles. The van der Waals surface area contributed by atoms with Crippen molar-refractivity contribution in [3.05, 3.63) is 12.2 Å². The predicted molar refractivity (Wildman–Crippen MR) is 111 cm³/mol. The molecule has 0 N–H and O–H groups in total. The SMILES string of the molecule is C=C1C(C(=O)C#CC)C2(C[C@H](C)[C@@]1(C)CO[Si](C)(C)C(C)(C)C)OCCO2. The van der Waals surface area contributed by atoms with E-state index < -0.39 is 20.0 Å². The highest BCUT2D eigenvalue weighted by Gasteiger charge is 2.59. The van der Waals surface area contributed by atoms with Gasteiger partial charge in [0.2, 0.25) is 5.78 Å². The highest BCUT2D eigenvalue weighted by Crippen LogP contribution is 2.55. The van der Waals surface area contributed by atoms with E-state index in [0.29, 0.717) is 26.2 Å². The zero-order valence-corrected chi connectivity index (χ0v) is 19.3. The summed E-state index contributed by atoms with van der Waals surface area (Å²) in [7, 11) is -1.92. The second kappa shape index (κ2) is 7.48. The van der Waals surface area contributed by atoms with E-state index in [1.54, 1.807) is 6.92 Å². The summed E-state index contributed by atoms with van der Waals surface area (Å²) >= 11 is 0. The second-order valence-electron chi connectivity index (χ2n) is 9.78. The molecular formula is C22H36O4Si. The van der Waals surface area contributed by atoms with Gasteiger partial charge in [0.25, 0.3) is 0 Å². The van der Waals surface area contributed by atoms with Crippen molar-refractivity contribution in [2.75, 3.05) is 19.8 Å². The standard InChI is InChI=1S/C22H36O4Si/c1-10-11-18(23)19-17(3)21(7,15-26-27(8,9)20(4,5)6)16(2)14-22(19)24-12-13-25-22/h16,19H,3,12-15H2,1-2,4-9H3/t16-,19?,21+/m0/s1. The molecule has 0 bridgehead atoms. The number of carbonyl (C=O) groups is 1. The third-order valence-electron chi connectivity index (χ3n) is 7.03. The van der Waals surface area contributed by atoms with Crippen LogP contribution in [0.15, 0.2) is 12.2 Å². The lowest BCUT2D eigenvalue weighted by Gasteiger charge is -2.52. The number of hydrogen-bond acceptors (Lipinski definition) is 4. The molecule has 1 aliphatic carbocycles. The summed E-state index contributed by atoms with van der Waals surface area (Å²) in [6.07, 6.45) is 0.644. The number of carbonyl (C=O) groups excluding carboxylic acids is 1. The van der Waals surface area contributed by atoms with Crippen LogP contribution >= 0.6 is 0 Å². The Morgan fingerprint density at radius 2 is 1.89 bits per heavy atom. The van der Waals surface area contributed by atoms with E-state index in [-0.39, 0.29) is 22.2 Å². The van der Waals surface area contributed by atoms with E-state index >= 15 is 0 Å². The van der Waals surface area contributed by atoms with Crippen LogP contribution in [0.1, 0.15) is 48.0 Å². The summed E-state index contributed by atoms with van der Waals surface area (Å²) in [4.78, 5) is 12.9. The van der Waals surface area contributed by atoms with Crippen LogP contribution in [0.25, 0.3) is 0 Å². The van der Waals surface area contributed by atoms with Crippen molar-refractivity contribution in [1.29, 1.82) is 0 Å². The summed E-state index contributed by atoms with van der Waals surface area (Å²) in [6.45, 7) is 23.2. The maximum absolute atomic E-state index is 12.9. The lowest BCUT2D eigenvalue weighted by Crippen LogP contribution is -2.57. The first-order valence-electron chi connectivity index (χ1n) is 9.88. The number of ketones is 1. The Morgan fingerprint density at radius 1 is 1.33 bits per heavy atom. The summed E-state index contributed by atoms with van der Waals surface area (Å²) in [5, 5.41) is 0.129. The predicted octanol–water partition coefficient (Wildman–Crippen LogP) is 4.56. The van der Waals surface area contributed by atoms with Crippen molar-refractivity contribution in [2.24, 2.45) is 17.3 Å². The van der Waals surface area contributed by atoms with E-state index in [0.717, 1.165) is 5.57 Å². The van der Waals surface area contributed by atoms with E-state index in [1.807, 2.05) is 0 Å². The number of hydrogen-bond donors (Lipinski definition) is 0. The van der Waals surface area contributed by atoms with Gasteiger partial charge in [0.05, 0.1) is 13.2 Å². The Balaban J connectivity index is 2.36. The van der Waals surface area contributed by atoms with E-state index in [2.05, 4.69) is 66.1 Å². The van der Waals surface area contributed by atoms with Crippen molar-refractivity contribution < 1.29 is 18.7 Å². The van der Waals surface area contributed by atoms with Crippen LogP contribution in [0.4, 0.5) is 0 Å². The summed E-state index contributed by atoms with van der Waals surface area (Å²) in [5.41, 5.74) is 0.501. The molecule has 2 aliphatic rings. The normalized spacial score (nSPS) is 30.9. The fourth-order valence-corrected chi connectivity index (χ4v) is 4.87. The highest BCUT2D eigenvalue weighted by atomic mass is 28.4. The Morgan fingerprint density at radius 3 is 2.37 bits per heavy atom. The van der Waals surface area contributed by atoms with E-state index in [4.69, 9.17) is 13.9 Å². The van der Waals surface area contributed by atoms with Crippen LogP contribution in [-0.4, -0.2) is 39.7 Å². The topological polar surface area (TPSA) is 44.8 Å². The first-order chi connectivity index (χ1) is 12.3. The molecule has 2 fully saturated rings. The summed E-state index contributed by atoms with van der Waals surface area (Å²) in [5.74, 6) is 3.98. The molecule has 1 aliphatic heterocycles. The minimum Gasteiger partial charge on any atom is -0.416 e. The summed E-state index contributed by atoms with van der Waals surface area (Å²) in [6, 6.07) is 0. The van der Waals surface area contributed by atoms with Crippen molar-refractivity contribution in [3.8, 4) is 11.8 Å². The minimum absolute atomic E-state index is 0.129. The van der Waals surface area contributed by atoms with Crippen molar-refractivity contribution in [3.63, 3.8) is 0 Å². The lowest BCUT2D eigenvalue weighted by atomic mass is 9.59. The Bertz CT molecular complexity index is 658. The van der Waals surface area contributed by atoms with Gasteiger partial charge >= 0.3 is 0 Å². The molecule has 1 unspecified atom stereocenters. The van der Waals surface area contributed by atoms with Gasteiger partial charge < -0.3 is 13.9 Å². The van der Waals surface area contributed by atoms with Gasteiger partial charge in [-0.15, -0.1) is 0 Å². The molecule has 3 atom stereocenters. The molecule has 1 saturated carbocycles. The molecule has 0 aromatic heterocycles. The van der Waals surface area contributed by atoms with Gasteiger partial charge in [-0.3, -0.25) is 4.79 Å². The van der Waals surface area contributed by atoms with Crippen LogP contribution in [0, 0.1) is 29.1 Å². The van der Waals surface area contributed by atoms with Crippen LogP contribution in [0.2, 0.25) is 18.1 Å². The lowest BCUT2D eigenvalue weighted by molar-refractivity contribution is -0.218. The molecule has 5 heteroatoms. The van der Waals surface area contributed by atoms with Gasteiger partial charge in [-0.1, -0.05) is 52.7 Å². The smallest absolute Gasteiger partial charge is 0.218 e. The van der Waals surface area contributed by atoms with Gasteiger partial charge in [0.15, 0.2) is 14.1 Å². The first-order valence-corrected chi connectivity index (χ1v) is 12.8. The molecule has 0 aromatic rings. The fourth-order valence-electron chi connectivity index (χ4n) is 3.77. The Kier molecular flexibility index (Phi) is 6.19. The molecule has 152 valence electrons. The number of Topliss-reactive ketones (excluding diaryl/α,β-unsaturated/α-hetero) is 1. The van der Waals surface area contributed by atoms with Crippen LogP contribution in [-0.2, 0) is 18.7 Å². The molecule has 2 rings (SSSR count). The fraction of sp³-hybridized carbons (Fsp3) is 0.773. The Labute approximate surface area is 166 Å². The third kappa shape index (κ3) is 3.96. The van der Waals surface area contributed by atoms with Crippen molar-refractivity contribution in [2.45, 2.75) is 71.9 Å². The molecule has 0 amide bonds. The monoisotopic (exact) mass is 392 g/mol. The van der Waals surface area contributed by atoms with Crippen LogP contribution < -0.4 is 0 Å². The van der Waals surface area contributed by atoms with Gasteiger partial charge in [-0.2, -0.15) is 0 Å². The van der Waals surface area contributed by atoms with Gasteiger partial charge in [-0.05, 0) is 36.9 Å². The average Bonchev–Trinajstić information content (AvgIpc) is 2.99. The van der Waals surface area contributed by atoms with Crippen LogP contribution in [0.3, 0.4) is 0 Å². The van der Waals surface area contributed by atoms with Gasteiger partial charge in [0.1, 0.15) is 5.92 Å². The molecule has 4 nitrogen and oxygen atoms in total. The first kappa shape index (κ1) is 22.4. The maximum atomic E-state index is 12.9. The quantitative estimate of drug-likeness (QED) is 0.304. The molecule has 0 radical (unpaired) electrons. The minimum atomic E-state index is -1.92. The van der Waals surface area contributed by atoms with Crippen molar-refractivity contribution >= 4 is 14.1 Å². The molecule has 1 spiro atoms. The van der Waals surface area contributed by atoms with E-state index in [9.17, 15) is 4.79 Å². The molecular weight excluding hydrogens is 356 g/mol. The average molecular weight is 393 g/mol. The largest absolute Gasteiger partial charge is 0.416 e. The highest BCUT2D eigenvalue weighted by molar-refractivity contribution is 6.74.